The van der Waals surface area contributed by atoms with Crippen molar-refractivity contribution in [3.8, 4) is 5.69 Å². The number of benzene rings is 1. The van der Waals surface area contributed by atoms with Gasteiger partial charge in [-0.1, -0.05) is 41.0 Å². The van der Waals surface area contributed by atoms with Crippen LogP contribution in [0.25, 0.3) is 22.4 Å². The molecule has 0 aliphatic carbocycles. The predicted molar refractivity (Wildman–Crippen MR) is 100 cm³/mol. The number of halogens is 2. The van der Waals surface area contributed by atoms with Crippen molar-refractivity contribution in [2.24, 2.45) is 0 Å². The Bertz CT molecular complexity index is 1200. The van der Waals surface area contributed by atoms with Crippen LogP contribution < -0.4 is 5.56 Å². The predicted octanol–water partition coefficient (Wildman–Crippen LogP) is 3.77. The van der Waals surface area contributed by atoms with E-state index in [4.69, 9.17) is 23.2 Å². The van der Waals surface area contributed by atoms with Crippen molar-refractivity contribution in [3.63, 3.8) is 0 Å². The van der Waals surface area contributed by atoms with E-state index in [0.717, 1.165) is 0 Å². The highest BCUT2D eigenvalue weighted by molar-refractivity contribution is 7.98. The molecule has 4 aromatic rings. The van der Waals surface area contributed by atoms with Gasteiger partial charge in [0.15, 0.2) is 0 Å². The first kappa shape index (κ1) is 16.4. The van der Waals surface area contributed by atoms with Crippen LogP contribution in [0.5, 0.6) is 0 Å². The van der Waals surface area contributed by atoms with E-state index in [0.29, 0.717) is 43.3 Å². The Morgan fingerprint density at radius 2 is 1.96 bits per heavy atom. The quantitative estimate of drug-likeness (QED) is 0.486. The molecule has 9 heteroatoms. The zero-order valence-electron chi connectivity index (χ0n) is 13.2. The molecule has 0 saturated heterocycles. The van der Waals surface area contributed by atoms with Crippen LogP contribution in [-0.4, -0.2) is 30.4 Å². The lowest BCUT2D eigenvalue weighted by Crippen LogP contribution is -2.20. The fourth-order valence-electron chi connectivity index (χ4n) is 2.72. The number of hydrogen-bond donors (Lipinski definition) is 0. The van der Waals surface area contributed by atoms with Gasteiger partial charge in [-0.25, -0.2) is 4.98 Å². The van der Waals surface area contributed by atoms with Crippen LogP contribution in [0, 0.1) is 6.92 Å². The van der Waals surface area contributed by atoms with Gasteiger partial charge in [-0.15, -0.1) is 5.10 Å². The number of pyridine rings is 1. The molecule has 1 aromatic carbocycles. The number of aromatic nitrogens is 5. The molecule has 0 radical (unpaired) electrons. The topological polar surface area (TPSA) is 65.1 Å². The van der Waals surface area contributed by atoms with E-state index < -0.39 is 0 Å². The van der Waals surface area contributed by atoms with Crippen LogP contribution in [0.3, 0.4) is 0 Å². The molecule has 0 amide bonds. The third-order valence-electron chi connectivity index (χ3n) is 3.87. The summed E-state index contributed by atoms with van der Waals surface area (Å²) in [5, 5.41) is 6.16. The monoisotopic (exact) mass is 391 g/mol. The van der Waals surface area contributed by atoms with Gasteiger partial charge in [0.1, 0.15) is 0 Å². The van der Waals surface area contributed by atoms with Crippen molar-refractivity contribution in [2.75, 3.05) is 6.26 Å². The van der Waals surface area contributed by atoms with Gasteiger partial charge in [0.2, 0.25) is 5.16 Å². The lowest BCUT2D eigenvalue weighted by atomic mass is 10.2. The summed E-state index contributed by atoms with van der Waals surface area (Å²) < 4.78 is 3.04. The van der Waals surface area contributed by atoms with E-state index in [2.05, 4.69) is 15.1 Å². The minimum Gasteiger partial charge on any atom is -0.282 e. The lowest BCUT2D eigenvalue weighted by Gasteiger charge is -2.11. The number of aryl methyl sites for hydroxylation is 1. The van der Waals surface area contributed by atoms with Crippen molar-refractivity contribution < 1.29 is 0 Å². The molecule has 0 bridgehead atoms. The number of rotatable bonds is 2. The van der Waals surface area contributed by atoms with Crippen molar-refractivity contribution >= 4 is 51.6 Å². The highest BCUT2D eigenvalue weighted by Gasteiger charge is 2.16. The fourth-order valence-corrected chi connectivity index (χ4v) is 3.45. The van der Waals surface area contributed by atoms with E-state index in [1.807, 2.05) is 6.26 Å². The smallest absolute Gasteiger partial charge is 0.266 e. The van der Waals surface area contributed by atoms with Crippen LogP contribution in [0.4, 0.5) is 0 Å². The first-order valence-corrected chi connectivity index (χ1v) is 9.26. The van der Waals surface area contributed by atoms with Crippen LogP contribution in [0.1, 0.15) is 5.69 Å². The SMILES string of the molecule is CSc1nc2nc(C)c3c(=O)n(-c4cccc(Cl)c4Cl)ccc3n2n1. The van der Waals surface area contributed by atoms with Crippen LogP contribution in [-0.2, 0) is 0 Å². The molecular formula is C16H11Cl2N5OS. The van der Waals surface area contributed by atoms with Gasteiger partial charge in [0.05, 0.1) is 32.3 Å². The third-order valence-corrected chi connectivity index (χ3v) is 5.22. The van der Waals surface area contributed by atoms with Crippen molar-refractivity contribution in [2.45, 2.75) is 12.1 Å². The number of fused-ring (bicyclic) bond motifs is 3. The summed E-state index contributed by atoms with van der Waals surface area (Å²) in [6.07, 6.45) is 3.54. The Hall–Kier alpha value is -2.09. The Balaban J connectivity index is 2.09. The molecule has 4 rings (SSSR count). The molecule has 0 aliphatic rings. The first-order chi connectivity index (χ1) is 12.0. The summed E-state index contributed by atoms with van der Waals surface area (Å²) in [6.45, 7) is 1.78. The molecule has 3 heterocycles. The molecular weight excluding hydrogens is 381 g/mol. The van der Waals surface area contributed by atoms with E-state index in [1.54, 1.807) is 41.9 Å². The zero-order valence-corrected chi connectivity index (χ0v) is 15.5. The third kappa shape index (κ3) is 2.50. The van der Waals surface area contributed by atoms with Gasteiger partial charge < -0.3 is 0 Å². The summed E-state index contributed by atoms with van der Waals surface area (Å²) >= 11 is 13.8. The molecule has 0 saturated carbocycles. The molecule has 6 nitrogen and oxygen atoms in total. The fraction of sp³-hybridized carbons (Fsp3) is 0.125. The van der Waals surface area contributed by atoms with Gasteiger partial charge in [0.25, 0.3) is 11.3 Å². The van der Waals surface area contributed by atoms with E-state index >= 15 is 0 Å². The Kier molecular flexibility index (Phi) is 3.94. The second-order valence-electron chi connectivity index (χ2n) is 5.33. The second kappa shape index (κ2) is 6.01. The van der Waals surface area contributed by atoms with Crippen molar-refractivity contribution in [3.05, 3.63) is 56.6 Å². The molecule has 3 aromatic heterocycles. The van der Waals surface area contributed by atoms with Gasteiger partial charge >= 0.3 is 0 Å². The van der Waals surface area contributed by atoms with Gasteiger partial charge in [-0.2, -0.15) is 9.50 Å². The molecule has 126 valence electrons. The van der Waals surface area contributed by atoms with E-state index in [1.165, 1.54) is 16.3 Å². The maximum atomic E-state index is 13.1. The Morgan fingerprint density at radius 1 is 1.16 bits per heavy atom. The number of thioether (sulfide) groups is 1. The average Bonchev–Trinajstić information content (AvgIpc) is 3.01. The maximum absolute atomic E-state index is 13.1. The van der Waals surface area contributed by atoms with E-state index in [9.17, 15) is 4.79 Å². The molecule has 0 N–H and O–H groups in total. The molecule has 25 heavy (non-hydrogen) atoms. The second-order valence-corrected chi connectivity index (χ2v) is 6.89. The Labute approximate surface area is 156 Å². The van der Waals surface area contributed by atoms with Gasteiger partial charge in [-0.05, 0) is 31.4 Å². The standard InChI is InChI=1S/C16H11Cl2N5OS/c1-8-12-10(23-15(19-8)20-16(21-23)25-2)6-7-22(14(12)24)11-5-3-4-9(17)13(11)18/h3-7H,1-2H3. The highest BCUT2D eigenvalue weighted by Crippen LogP contribution is 2.28. The van der Waals surface area contributed by atoms with Crippen LogP contribution in [0.2, 0.25) is 10.0 Å². The largest absolute Gasteiger partial charge is 0.282 e. The summed E-state index contributed by atoms with van der Waals surface area (Å²) in [6, 6.07) is 6.96. The molecule has 0 fully saturated rings. The van der Waals surface area contributed by atoms with Crippen LogP contribution in [0.15, 0.2) is 40.4 Å². The summed E-state index contributed by atoms with van der Waals surface area (Å²) in [4.78, 5) is 21.8. The zero-order chi connectivity index (χ0) is 17.7. The molecule has 0 unspecified atom stereocenters. The van der Waals surface area contributed by atoms with Crippen molar-refractivity contribution in [1.82, 2.24) is 24.1 Å². The Morgan fingerprint density at radius 3 is 2.72 bits per heavy atom. The van der Waals surface area contributed by atoms with Gasteiger partial charge in [0, 0.05) is 6.20 Å². The van der Waals surface area contributed by atoms with Gasteiger partial charge in [-0.3, -0.25) is 9.36 Å². The minimum absolute atomic E-state index is 0.241. The number of nitrogens with zero attached hydrogens (tertiary/aromatic N) is 5. The summed E-state index contributed by atoms with van der Waals surface area (Å²) in [5.41, 5.74) is 1.51. The van der Waals surface area contributed by atoms with Crippen LogP contribution >= 0.6 is 35.0 Å². The normalized spacial score (nSPS) is 11.5. The van der Waals surface area contributed by atoms with Crippen molar-refractivity contribution in [1.29, 1.82) is 0 Å². The van der Waals surface area contributed by atoms with E-state index in [-0.39, 0.29) is 5.56 Å². The molecule has 0 atom stereocenters. The average molecular weight is 392 g/mol. The number of hydrogen-bond acceptors (Lipinski definition) is 5. The maximum Gasteiger partial charge on any atom is 0.266 e. The minimum atomic E-state index is -0.241. The lowest BCUT2D eigenvalue weighted by molar-refractivity contribution is 0.901. The summed E-state index contributed by atoms with van der Waals surface area (Å²) in [5.74, 6) is 0.465. The summed E-state index contributed by atoms with van der Waals surface area (Å²) in [7, 11) is 0. The molecule has 0 aliphatic heterocycles. The molecule has 0 spiro atoms. The highest BCUT2D eigenvalue weighted by atomic mass is 35.5. The first-order valence-electron chi connectivity index (χ1n) is 7.28.